The van der Waals surface area contributed by atoms with Crippen molar-refractivity contribution in [1.29, 1.82) is 0 Å². The van der Waals surface area contributed by atoms with Crippen LogP contribution in [-0.2, 0) is 0 Å². The first-order chi connectivity index (χ1) is 10.9. The Kier molecular flexibility index (Phi) is 2.77. The molecule has 4 heteroatoms. The number of hydrogen-bond acceptors (Lipinski definition) is 3. The lowest BCUT2D eigenvalue weighted by atomic mass is 9.82. The van der Waals surface area contributed by atoms with E-state index in [0.717, 1.165) is 16.7 Å². The predicted molar refractivity (Wildman–Crippen MR) is 88.9 cm³/mol. The molecule has 23 heavy (non-hydrogen) atoms. The first kappa shape index (κ1) is 14.1. The number of nitrogens with one attached hydrogen (secondary N) is 1. The Morgan fingerprint density at radius 2 is 1.96 bits per heavy atom. The Morgan fingerprint density at radius 3 is 2.65 bits per heavy atom. The van der Waals surface area contributed by atoms with Crippen LogP contribution in [0.4, 0.5) is 0 Å². The van der Waals surface area contributed by atoms with Crippen LogP contribution >= 0.6 is 0 Å². The third-order valence-electron chi connectivity index (χ3n) is 5.24. The fourth-order valence-corrected chi connectivity index (χ4v) is 4.06. The molecule has 1 aliphatic carbocycles. The maximum atomic E-state index is 12.5. The van der Waals surface area contributed by atoms with Gasteiger partial charge >= 0.3 is 0 Å². The molecular formula is C19H19NO3. The van der Waals surface area contributed by atoms with Crippen LogP contribution in [0.3, 0.4) is 0 Å². The average molecular weight is 309 g/mol. The summed E-state index contributed by atoms with van der Waals surface area (Å²) in [6.07, 6.45) is 3.83. The van der Waals surface area contributed by atoms with Crippen LogP contribution in [-0.4, -0.2) is 15.7 Å². The van der Waals surface area contributed by atoms with E-state index in [9.17, 15) is 9.90 Å². The van der Waals surface area contributed by atoms with Crippen LogP contribution in [0, 0.1) is 5.92 Å². The van der Waals surface area contributed by atoms with Gasteiger partial charge in [0.2, 0.25) is 0 Å². The summed E-state index contributed by atoms with van der Waals surface area (Å²) in [6.45, 7) is 6.28. The molecule has 1 aliphatic heterocycles. The van der Waals surface area contributed by atoms with Gasteiger partial charge in [-0.05, 0) is 43.5 Å². The summed E-state index contributed by atoms with van der Waals surface area (Å²) >= 11 is 0. The summed E-state index contributed by atoms with van der Waals surface area (Å²) < 4.78 is 6.30. The maximum absolute atomic E-state index is 12.5. The zero-order chi connectivity index (χ0) is 16.4. The summed E-state index contributed by atoms with van der Waals surface area (Å²) in [5.74, 6) is 1.20. The van der Waals surface area contributed by atoms with E-state index in [0.29, 0.717) is 5.75 Å². The van der Waals surface area contributed by atoms with Gasteiger partial charge in [0.05, 0.1) is 5.56 Å². The van der Waals surface area contributed by atoms with E-state index in [1.807, 2.05) is 19.1 Å². The van der Waals surface area contributed by atoms with Crippen molar-refractivity contribution in [2.75, 3.05) is 0 Å². The van der Waals surface area contributed by atoms with E-state index in [1.165, 1.54) is 5.57 Å². The van der Waals surface area contributed by atoms with Gasteiger partial charge in [0.25, 0.3) is 5.56 Å². The lowest BCUT2D eigenvalue weighted by Gasteiger charge is -2.24. The van der Waals surface area contributed by atoms with E-state index < -0.39 is 5.60 Å². The van der Waals surface area contributed by atoms with E-state index in [-0.39, 0.29) is 23.1 Å². The van der Waals surface area contributed by atoms with Gasteiger partial charge in [0.1, 0.15) is 17.1 Å². The van der Waals surface area contributed by atoms with Crippen molar-refractivity contribution in [1.82, 2.24) is 4.98 Å². The van der Waals surface area contributed by atoms with Gasteiger partial charge in [-0.15, -0.1) is 0 Å². The Labute approximate surface area is 134 Å². The first-order valence-corrected chi connectivity index (χ1v) is 7.84. The van der Waals surface area contributed by atoms with Crippen molar-refractivity contribution >= 4 is 0 Å². The molecule has 2 aromatic rings. The minimum absolute atomic E-state index is 0.0401. The quantitative estimate of drug-likeness (QED) is 0.792. The zero-order valence-electron chi connectivity index (χ0n) is 13.4. The minimum atomic E-state index is -0.466. The number of H-pyrrole nitrogens is 1. The van der Waals surface area contributed by atoms with Crippen molar-refractivity contribution in [3.05, 3.63) is 58.0 Å². The number of rotatable bonds is 1. The van der Waals surface area contributed by atoms with Crippen LogP contribution in [0.25, 0.3) is 11.1 Å². The molecule has 0 saturated carbocycles. The number of aromatic nitrogens is 1. The predicted octanol–water partition coefficient (Wildman–Crippen LogP) is 3.58. The van der Waals surface area contributed by atoms with Gasteiger partial charge < -0.3 is 14.8 Å². The molecular weight excluding hydrogens is 290 g/mol. The number of hydrogen-bond donors (Lipinski definition) is 2. The molecule has 1 aromatic carbocycles. The van der Waals surface area contributed by atoms with Crippen molar-refractivity contribution in [2.24, 2.45) is 5.92 Å². The molecule has 0 bridgehead atoms. The third kappa shape index (κ3) is 1.87. The molecule has 118 valence electrons. The molecule has 4 rings (SSSR count). The molecule has 0 amide bonds. The Morgan fingerprint density at radius 1 is 1.26 bits per heavy atom. The van der Waals surface area contributed by atoms with Gasteiger partial charge in [-0.3, -0.25) is 4.79 Å². The van der Waals surface area contributed by atoms with E-state index in [1.54, 1.807) is 18.3 Å². The van der Waals surface area contributed by atoms with E-state index in [2.05, 4.69) is 24.9 Å². The van der Waals surface area contributed by atoms with Gasteiger partial charge in [-0.2, -0.15) is 0 Å². The standard InChI is InChI=1S/C19H19NO3/c1-10-8-19(3)16(11(10)2)15-17(23-19)14(9-20-18(15)22)12-4-6-13(21)7-5-12/h4-9,11,16,21H,1-3H3,(H,20,22)/t11-,16-,19-/m0/s1. The maximum Gasteiger partial charge on any atom is 0.255 e. The second-order valence-corrected chi connectivity index (χ2v) is 6.76. The van der Waals surface area contributed by atoms with Crippen molar-refractivity contribution in [2.45, 2.75) is 32.3 Å². The minimum Gasteiger partial charge on any atom is -0.508 e. The zero-order valence-corrected chi connectivity index (χ0v) is 13.4. The van der Waals surface area contributed by atoms with Gasteiger partial charge in [0, 0.05) is 17.7 Å². The number of fused-ring (bicyclic) bond motifs is 3. The summed E-state index contributed by atoms with van der Waals surface area (Å²) in [5.41, 5.74) is 3.22. The number of phenolic OH excluding ortho intramolecular Hbond substituents is 1. The van der Waals surface area contributed by atoms with Crippen molar-refractivity contribution in [3.8, 4) is 22.6 Å². The summed E-state index contributed by atoms with van der Waals surface area (Å²) in [6, 6.07) is 6.93. The molecule has 1 aromatic heterocycles. The lowest BCUT2D eigenvalue weighted by molar-refractivity contribution is 0.142. The number of phenols is 1. The van der Waals surface area contributed by atoms with Gasteiger partial charge in [-0.25, -0.2) is 0 Å². The molecule has 0 radical (unpaired) electrons. The number of allylic oxidation sites excluding steroid dienone is 1. The van der Waals surface area contributed by atoms with Crippen LogP contribution in [0.5, 0.6) is 11.5 Å². The number of pyridine rings is 1. The number of ether oxygens (including phenoxy) is 1. The first-order valence-electron chi connectivity index (χ1n) is 7.84. The van der Waals surface area contributed by atoms with Crippen LogP contribution in [0.1, 0.15) is 32.3 Å². The van der Waals surface area contributed by atoms with E-state index >= 15 is 0 Å². The fraction of sp³-hybridized carbons (Fsp3) is 0.316. The summed E-state index contributed by atoms with van der Waals surface area (Å²) in [7, 11) is 0. The monoisotopic (exact) mass is 309 g/mol. The Bertz CT molecular complexity index is 878. The second kappa shape index (κ2) is 4.51. The Hall–Kier alpha value is -2.49. The molecule has 0 saturated heterocycles. The Balaban J connectivity index is 1.93. The highest BCUT2D eigenvalue weighted by Gasteiger charge is 2.52. The second-order valence-electron chi connectivity index (χ2n) is 6.76. The van der Waals surface area contributed by atoms with Gasteiger partial charge in [-0.1, -0.05) is 24.6 Å². The van der Waals surface area contributed by atoms with Crippen LogP contribution in [0.2, 0.25) is 0 Å². The largest absolute Gasteiger partial charge is 0.508 e. The molecule has 2 heterocycles. The molecule has 0 unspecified atom stereocenters. The lowest BCUT2D eigenvalue weighted by Crippen LogP contribution is -2.32. The molecule has 2 N–H and O–H groups in total. The number of aromatic hydroxyl groups is 1. The van der Waals surface area contributed by atoms with Crippen molar-refractivity contribution < 1.29 is 9.84 Å². The number of benzene rings is 1. The molecule has 0 fully saturated rings. The van der Waals surface area contributed by atoms with Crippen LogP contribution in [0.15, 0.2) is 46.9 Å². The molecule has 2 aliphatic rings. The molecule has 4 nitrogen and oxygen atoms in total. The highest BCUT2D eigenvalue weighted by atomic mass is 16.5. The van der Waals surface area contributed by atoms with E-state index in [4.69, 9.17) is 4.74 Å². The van der Waals surface area contributed by atoms with Crippen molar-refractivity contribution in [3.63, 3.8) is 0 Å². The molecule has 0 spiro atoms. The third-order valence-corrected chi connectivity index (χ3v) is 5.24. The highest BCUT2D eigenvalue weighted by Crippen LogP contribution is 2.56. The normalized spacial score (nSPS) is 28.0. The summed E-state index contributed by atoms with van der Waals surface area (Å²) in [5, 5.41) is 9.48. The molecule has 3 atom stereocenters. The smallest absolute Gasteiger partial charge is 0.255 e. The highest BCUT2D eigenvalue weighted by molar-refractivity contribution is 5.73. The number of aromatic amines is 1. The summed E-state index contributed by atoms with van der Waals surface area (Å²) in [4.78, 5) is 15.3. The van der Waals surface area contributed by atoms with Crippen LogP contribution < -0.4 is 10.3 Å². The average Bonchev–Trinajstić information content (AvgIpc) is 2.92. The fourth-order valence-electron chi connectivity index (χ4n) is 4.06. The topological polar surface area (TPSA) is 62.3 Å². The van der Waals surface area contributed by atoms with Gasteiger partial charge in [0.15, 0.2) is 0 Å². The SMILES string of the molecule is CC1=C[C@]2(C)Oc3c(-c4ccc(O)cc4)c[nH]c(=O)c3[C@@H]2[C@H]1C.